The Hall–Kier alpha value is -0.530. The largest absolute Gasteiger partial charge is 0.612 e. The first kappa shape index (κ1) is 18.3. The number of halogens is 1. The Kier molecular flexibility index (Phi) is 5.06. The number of likely N-dealkylation sites (tertiary alicyclic amines) is 1. The first-order chi connectivity index (χ1) is 11.3. The second kappa shape index (κ2) is 6.65. The number of aliphatic hydroxyl groups is 1. The summed E-state index contributed by atoms with van der Waals surface area (Å²) in [5, 5.41) is 11.7. The summed E-state index contributed by atoms with van der Waals surface area (Å²) in [7, 11) is 2.09. The van der Waals surface area contributed by atoms with E-state index in [1.807, 2.05) is 0 Å². The fourth-order valence-corrected chi connectivity index (χ4v) is 5.53. The van der Waals surface area contributed by atoms with Crippen molar-refractivity contribution in [3.8, 4) is 0 Å². The zero-order valence-electron chi connectivity index (χ0n) is 14.3. The van der Waals surface area contributed by atoms with Crippen LogP contribution in [-0.4, -0.2) is 51.1 Å². The van der Waals surface area contributed by atoms with Crippen LogP contribution in [0.5, 0.6) is 0 Å². The van der Waals surface area contributed by atoms with Gasteiger partial charge in [-0.25, -0.2) is 0 Å². The summed E-state index contributed by atoms with van der Waals surface area (Å²) in [6.07, 6.45) is 7.96. The normalized spacial score (nSPS) is 28.4. The maximum Gasteiger partial charge on any atom is 0.252 e. The number of nitrogens with zero attached hydrogens (tertiary/aromatic N) is 2. The van der Waals surface area contributed by atoms with Crippen molar-refractivity contribution in [2.24, 2.45) is 5.41 Å². The molecular formula is C17H25ClN2O3S. The van der Waals surface area contributed by atoms with E-state index in [0.29, 0.717) is 11.3 Å². The van der Waals surface area contributed by atoms with Gasteiger partial charge in [0.1, 0.15) is 11.3 Å². The third-order valence-electron chi connectivity index (χ3n) is 5.81. The van der Waals surface area contributed by atoms with Crippen molar-refractivity contribution < 1.29 is 9.66 Å². The number of piperidine rings is 1. The van der Waals surface area contributed by atoms with Crippen LogP contribution in [0.25, 0.3) is 0 Å². The molecule has 3 rings (SSSR count). The molecule has 134 valence electrons. The highest BCUT2D eigenvalue weighted by Crippen LogP contribution is 2.51. The van der Waals surface area contributed by atoms with Gasteiger partial charge >= 0.3 is 0 Å². The Bertz CT molecular complexity index is 672. The molecule has 1 N–H and O–H groups in total. The van der Waals surface area contributed by atoms with Crippen molar-refractivity contribution in [3.05, 3.63) is 27.6 Å². The number of aromatic nitrogens is 1. The Morgan fingerprint density at radius 2 is 2.04 bits per heavy atom. The number of rotatable bonds is 3. The van der Waals surface area contributed by atoms with E-state index in [1.54, 1.807) is 12.5 Å². The van der Waals surface area contributed by atoms with Gasteiger partial charge in [-0.15, -0.1) is 0 Å². The molecule has 1 saturated carbocycles. The van der Waals surface area contributed by atoms with E-state index in [4.69, 9.17) is 11.6 Å². The average molecular weight is 373 g/mol. The molecule has 2 aliphatic rings. The molecule has 2 heterocycles. The first-order valence-electron chi connectivity index (χ1n) is 8.41. The topological polar surface area (TPSA) is 68.5 Å². The smallest absolute Gasteiger partial charge is 0.252 e. The maximum atomic E-state index is 12.4. The minimum Gasteiger partial charge on any atom is -0.612 e. The van der Waals surface area contributed by atoms with Gasteiger partial charge in [0, 0.05) is 24.6 Å². The predicted octanol–water partition coefficient (Wildman–Crippen LogP) is 1.87. The lowest BCUT2D eigenvalue weighted by atomic mass is 9.66. The van der Waals surface area contributed by atoms with E-state index >= 15 is 0 Å². The molecule has 1 saturated heterocycles. The molecule has 24 heavy (non-hydrogen) atoms. The molecule has 2 atom stereocenters. The summed E-state index contributed by atoms with van der Waals surface area (Å²) in [4.78, 5) is 15.1. The molecule has 0 radical (unpaired) electrons. The van der Waals surface area contributed by atoms with Gasteiger partial charge in [0.2, 0.25) is 0 Å². The average Bonchev–Trinajstić information content (AvgIpc) is 2.96. The molecule has 2 unspecified atom stereocenters. The molecule has 0 aromatic carbocycles. The van der Waals surface area contributed by atoms with Gasteiger partial charge in [-0.2, -0.15) is 0 Å². The fraction of sp³-hybridized carbons (Fsp3) is 0.706. The monoisotopic (exact) mass is 372 g/mol. The predicted molar refractivity (Wildman–Crippen MR) is 96.0 cm³/mol. The molecule has 5 nitrogen and oxygen atoms in total. The zero-order chi connectivity index (χ0) is 17.5. The van der Waals surface area contributed by atoms with E-state index in [9.17, 15) is 14.5 Å². The highest BCUT2D eigenvalue weighted by atomic mass is 35.5. The second-order valence-corrected chi connectivity index (χ2v) is 9.17. The lowest BCUT2D eigenvalue weighted by molar-refractivity contribution is -0.139. The molecule has 1 aromatic rings. The summed E-state index contributed by atoms with van der Waals surface area (Å²) in [5.41, 5.74) is -1.33. The van der Waals surface area contributed by atoms with Crippen LogP contribution in [0.4, 0.5) is 0 Å². The third kappa shape index (κ3) is 3.15. The van der Waals surface area contributed by atoms with Crippen LogP contribution >= 0.6 is 11.6 Å². The molecule has 1 aromatic heterocycles. The second-order valence-electron chi connectivity index (χ2n) is 7.41. The quantitative estimate of drug-likeness (QED) is 0.822. The van der Waals surface area contributed by atoms with Crippen LogP contribution in [0, 0.1) is 5.41 Å². The van der Waals surface area contributed by atoms with E-state index in [2.05, 4.69) is 11.9 Å². The Labute approximate surface area is 150 Å². The van der Waals surface area contributed by atoms with Crippen LogP contribution < -0.4 is 5.56 Å². The molecule has 0 bridgehead atoms. The van der Waals surface area contributed by atoms with E-state index in [-0.39, 0.29) is 22.5 Å². The molecule has 1 aliphatic heterocycles. The molecule has 0 amide bonds. The van der Waals surface area contributed by atoms with Gasteiger partial charge < -0.3 is 19.1 Å². The highest BCUT2D eigenvalue weighted by molar-refractivity contribution is 7.90. The lowest BCUT2D eigenvalue weighted by Crippen LogP contribution is -2.60. The highest BCUT2D eigenvalue weighted by Gasteiger charge is 2.54. The zero-order valence-corrected chi connectivity index (χ0v) is 15.8. The van der Waals surface area contributed by atoms with Crippen LogP contribution in [0.15, 0.2) is 22.0 Å². The van der Waals surface area contributed by atoms with Crippen molar-refractivity contribution in [1.82, 2.24) is 9.47 Å². The summed E-state index contributed by atoms with van der Waals surface area (Å²) >= 11 is 4.76. The Morgan fingerprint density at radius 1 is 1.38 bits per heavy atom. The van der Waals surface area contributed by atoms with Gasteiger partial charge in [-0.3, -0.25) is 4.79 Å². The van der Waals surface area contributed by atoms with Crippen LogP contribution in [-0.2, 0) is 17.7 Å². The lowest BCUT2D eigenvalue weighted by Gasteiger charge is -2.51. The van der Waals surface area contributed by atoms with E-state index in [1.165, 1.54) is 10.6 Å². The minimum absolute atomic E-state index is 0.162. The molecule has 1 spiro atoms. The fourth-order valence-electron chi connectivity index (χ4n) is 4.45. The van der Waals surface area contributed by atoms with Crippen molar-refractivity contribution in [3.63, 3.8) is 0 Å². The summed E-state index contributed by atoms with van der Waals surface area (Å²) in [6.45, 7) is 1.91. The number of hydrogen-bond acceptors (Lipinski definition) is 4. The molecule has 7 heteroatoms. The van der Waals surface area contributed by atoms with E-state index < -0.39 is 16.8 Å². The van der Waals surface area contributed by atoms with Crippen molar-refractivity contribution >= 4 is 22.8 Å². The van der Waals surface area contributed by atoms with Gasteiger partial charge in [-0.1, -0.05) is 24.4 Å². The first-order valence-corrected chi connectivity index (χ1v) is 10.3. The Balaban J connectivity index is 1.97. The van der Waals surface area contributed by atoms with Crippen LogP contribution in [0.3, 0.4) is 0 Å². The maximum absolute atomic E-state index is 12.4. The summed E-state index contributed by atoms with van der Waals surface area (Å²) < 4.78 is 13.3. The van der Waals surface area contributed by atoms with Gasteiger partial charge in [-0.05, 0) is 37.5 Å². The Morgan fingerprint density at radius 3 is 2.67 bits per heavy atom. The van der Waals surface area contributed by atoms with Gasteiger partial charge in [0.25, 0.3) is 5.56 Å². The summed E-state index contributed by atoms with van der Waals surface area (Å²) in [6, 6.07) is 1.30. The molecule has 1 aliphatic carbocycles. The van der Waals surface area contributed by atoms with Gasteiger partial charge in [0.15, 0.2) is 4.90 Å². The minimum atomic E-state index is -1.28. The molecule has 2 fully saturated rings. The van der Waals surface area contributed by atoms with Crippen molar-refractivity contribution in [2.45, 2.75) is 49.1 Å². The summed E-state index contributed by atoms with van der Waals surface area (Å²) in [5.74, 6) is 0. The molecular weight excluding hydrogens is 348 g/mol. The van der Waals surface area contributed by atoms with Crippen LogP contribution in [0.1, 0.15) is 32.1 Å². The number of pyridine rings is 1. The standard InChI is InChI=1S/C17H25ClN2O3S/c1-19-8-7-17(22,16(11-19)5-3-4-6-16)12-20-10-14(24(2)23)13(18)9-15(20)21/h9-10,22H,3-8,11-12H2,1-2H3. The SMILES string of the molecule is CN1CCC(O)(Cn2cc([S+](C)[O-])c(Cl)cc2=O)C2(CCCC2)C1. The number of hydrogen-bond donors (Lipinski definition) is 1. The van der Waals surface area contributed by atoms with Crippen molar-refractivity contribution in [1.29, 1.82) is 0 Å². The van der Waals surface area contributed by atoms with Crippen LogP contribution in [0.2, 0.25) is 5.02 Å². The van der Waals surface area contributed by atoms with Crippen molar-refractivity contribution in [2.75, 3.05) is 26.4 Å². The van der Waals surface area contributed by atoms with E-state index in [0.717, 1.165) is 38.8 Å². The van der Waals surface area contributed by atoms with Gasteiger partial charge in [0.05, 0.1) is 18.3 Å². The third-order valence-corrected chi connectivity index (χ3v) is 7.18.